The van der Waals surface area contributed by atoms with E-state index in [0.717, 1.165) is 33.6 Å². The summed E-state index contributed by atoms with van der Waals surface area (Å²) in [6.45, 7) is 2.88. The third-order valence-corrected chi connectivity index (χ3v) is 4.69. The zero-order chi connectivity index (χ0) is 15.4. The van der Waals surface area contributed by atoms with Crippen LogP contribution in [0.15, 0.2) is 45.3 Å². The molecule has 0 aliphatic carbocycles. The van der Waals surface area contributed by atoms with Crippen LogP contribution in [0.1, 0.15) is 24.1 Å². The molecule has 0 bridgehead atoms. The van der Waals surface area contributed by atoms with Crippen molar-refractivity contribution >= 4 is 43.5 Å². The normalized spacial score (nSPS) is 12.4. The van der Waals surface area contributed by atoms with E-state index >= 15 is 0 Å². The number of hydrogen-bond acceptors (Lipinski definition) is 1. The molecule has 0 aliphatic rings. The maximum Gasteiger partial charge on any atom is 0.137 e. The van der Waals surface area contributed by atoms with Gasteiger partial charge in [-0.3, -0.25) is 0 Å². The molecule has 1 unspecified atom stereocenters. The van der Waals surface area contributed by atoms with Crippen LogP contribution in [0.25, 0.3) is 0 Å². The molecule has 5 heteroatoms. The van der Waals surface area contributed by atoms with Crippen LogP contribution in [0.4, 0.5) is 4.39 Å². The van der Waals surface area contributed by atoms with Gasteiger partial charge in [0.15, 0.2) is 0 Å². The molecule has 1 nitrogen and oxygen atoms in total. The number of hydrogen-bond donors (Lipinski definition) is 1. The average Bonchev–Trinajstić information content (AvgIpc) is 2.44. The summed E-state index contributed by atoms with van der Waals surface area (Å²) >= 11 is 12.9. The van der Waals surface area contributed by atoms with Crippen molar-refractivity contribution in [2.75, 3.05) is 6.54 Å². The lowest BCUT2D eigenvalue weighted by atomic mass is 9.98. The van der Waals surface area contributed by atoms with Crippen LogP contribution in [-0.2, 0) is 6.42 Å². The molecule has 0 saturated heterocycles. The molecule has 112 valence electrons. The Morgan fingerprint density at radius 1 is 1.19 bits per heavy atom. The van der Waals surface area contributed by atoms with Gasteiger partial charge in [0.1, 0.15) is 5.82 Å². The Morgan fingerprint density at radius 3 is 2.57 bits per heavy atom. The first-order valence-corrected chi connectivity index (χ1v) is 8.60. The molecular weight excluding hydrogens is 420 g/mol. The molecule has 21 heavy (non-hydrogen) atoms. The number of halogens is 4. The molecule has 2 rings (SSSR count). The van der Waals surface area contributed by atoms with Crippen molar-refractivity contribution < 1.29 is 4.39 Å². The van der Waals surface area contributed by atoms with Gasteiger partial charge in [-0.2, -0.15) is 0 Å². The highest BCUT2D eigenvalue weighted by Crippen LogP contribution is 2.28. The summed E-state index contributed by atoms with van der Waals surface area (Å²) in [5.41, 5.74) is 2.09. The molecule has 0 fully saturated rings. The van der Waals surface area contributed by atoms with Crippen LogP contribution < -0.4 is 5.32 Å². The number of rotatable bonds is 5. The van der Waals surface area contributed by atoms with E-state index in [1.54, 1.807) is 6.07 Å². The second-order valence-corrected chi connectivity index (χ2v) is 6.90. The lowest BCUT2D eigenvalue weighted by Crippen LogP contribution is -2.23. The monoisotopic (exact) mass is 433 g/mol. The molecule has 1 N–H and O–H groups in total. The summed E-state index contributed by atoms with van der Waals surface area (Å²) in [6.07, 6.45) is 0.748. The molecule has 2 aromatic rings. The summed E-state index contributed by atoms with van der Waals surface area (Å²) in [4.78, 5) is 0. The van der Waals surface area contributed by atoms with Gasteiger partial charge >= 0.3 is 0 Å². The SMILES string of the molecule is CCNC(Cc1ccc(Br)cc1Cl)c1ccc(F)c(Br)c1. The maximum absolute atomic E-state index is 13.4. The largest absolute Gasteiger partial charge is 0.310 e. The van der Waals surface area contributed by atoms with Gasteiger partial charge in [-0.05, 0) is 64.3 Å². The van der Waals surface area contributed by atoms with Gasteiger partial charge in [-0.15, -0.1) is 0 Å². The van der Waals surface area contributed by atoms with Crippen LogP contribution in [0, 0.1) is 5.82 Å². The second kappa shape index (κ2) is 7.73. The van der Waals surface area contributed by atoms with Crippen LogP contribution in [0.5, 0.6) is 0 Å². The predicted octanol–water partition coefficient (Wildman–Crippen LogP) is 5.90. The maximum atomic E-state index is 13.4. The smallest absolute Gasteiger partial charge is 0.137 e. The molecule has 0 amide bonds. The molecule has 0 heterocycles. The van der Waals surface area contributed by atoms with Gasteiger partial charge in [-0.1, -0.05) is 46.6 Å². The Bertz CT molecular complexity index is 634. The van der Waals surface area contributed by atoms with Crippen molar-refractivity contribution in [1.29, 1.82) is 0 Å². The van der Waals surface area contributed by atoms with Gasteiger partial charge in [-0.25, -0.2) is 4.39 Å². The van der Waals surface area contributed by atoms with Gasteiger partial charge in [0, 0.05) is 15.5 Å². The van der Waals surface area contributed by atoms with E-state index in [1.165, 1.54) is 6.07 Å². The summed E-state index contributed by atoms with van der Waals surface area (Å²) in [5, 5.41) is 4.15. The van der Waals surface area contributed by atoms with E-state index in [4.69, 9.17) is 11.6 Å². The first kappa shape index (κ1) is 16.9. The van der Waals surface area contributed by atoms with Crippen molar-refractivity contribution in [2.45, 2.75) is 19.4 Å². The topological polar surface area (TPSA) is 12.0 Å². The van der Waals surface area contributed by atoms with Crippen molar-refractivity contribution in [3.05, 3.63) is 67.3 Å². The number of likely N-dealkylation sites (N-methyl/N-ethyl adjacent to an activating group) is 1. The van der Waals surface area contributed by atoms with E-state index in [2.05, 4.69) is 44.1 Å². The third kappa shape index (κ3) is 4.52. The molecule has 0 radical (unpaired) electrons. The highest BCUT2D eigenvalue weighted by atomic mass is 79.9. The number of benzene rings is 2. The molecular formula is C16H15Br2ClFN. The lowest BCUT2D eigenvalue weighted by Gasteiger charge is -2.20. The zero-order valence-electron chi connectivity index (χ0n) is 11.5. The Balaban J connectivity index is 2.28. The average molecular weight is 436 g/mol. The Hall–Kier alpha value is -0.420. The third-order valence-electron chi connectivity index (χ3n) is 3.24. The Kier molecular flexibility index (Phi) is 6.23. The minimum Gasteiger partial charge on any atom is -0.310 e. The highest BCUT2D eigenvalue weighted by Gasteiger charge is 2.14. The quantitative estimate of drug-likeness (QED) is 0.617. The Labute approximate surface area is 146 Å². The number of nitrogens with one attached hydrogen (secondary N) is 1. The van der Waals surface area contributed by atoms with Crippen LogP contribution in [-0.4, -0.2) is 6.54 Å². The Morgan fingerprint density at radius 2 is 1.95 bits per heavy atom. The molecule has 2 aromatic carbocycles. The lowest BCUT2D eigenvalue weighted by molar-refractivity contribution is 0.546. The van der Waals surface area contributed by atoms with Crippen molar-refractivity contribution in [3.63, 3.8) is 0 Å². The molecule has 0 aromatic heterocycles. The summed E-state index contributed by atoms with van der Waals surface area (Å²) in [6, 6.07) is 11.1. The molecule has 0 aliphatic heterocycles. The highest BCUT2D eigenvalue weighted by molar-refractivity contribution is 9.10. The summed E-state index contributed by atoms with van der Waals surface area (Å²) < 4.78 is 14.8. The molecule has 0 saturated carbocycles. The van der Waals surface area contributed by atoms with E-state index < -0.39 is 0 Å². The fourth-order valence-electron chi connectivity index (χ4n) is 2.19. The first-order valence-electron chi connectivity index (χ1n) is 6.63. The second-order valence-electron chi connectivity index (χ2n) is 4.72. The van der Waals surface area contributed by atoms with Gasteiger partial charge in [0.2, 0.25) is 0 Å². The van der Waals surface area contributed by atoms with E-state index in [0.29, 0.717) is 4.47 Å². The minimum absolute atomic E-state index is 0.0885. The summed E-state index contributed by atoms with van der Waals surface area (Å²) in [5.74, 6) is -0.254. The standard InChI is InChI=1S/C16H15Br2ClFN/c1-2-21-16(11-4-6-15(20)13(18)7-11)8-10-3-5-12(17)9-14(10)19/h3-7,9,16,21H,2,8H2,1H3. The molecule has 0 spiro atoms. The van der Waals surface area contributed by atoms with Gasteiger partial charge in [0.05, 0.1) is 4.47 Å². The molecule has 1 atom stereocenters. The van der Waals surface area contributed by atoms with Crippen molar-refractivity contribution in [3.8, 4) is 0 Å². The van der Waals surface area contributed by atoms with E-state index in [9.17, 15) is 4.39 Å². The first-order chi connectivity index (χ1) is 10.0. The fourth-order valence-corrected chi connectivity index (χ4v) is 3.34. The zero-order valence-corrected chi connectivity index (χ0v) is 15.4. The van der Waals surface area contributed by atoms with Crippen molar-refractivity contribution in [1.82, 2.24) is 5.32 Å². The fraction of sp³-hybridized carbons (Fsp3) is 0.250. The van der Waals surface area contributed by atoms with Crippen LogP contribution in [0.3, 0.4) is 0 Å². The van der Waals surface area contributed by atoms with E-state index in [1.807, 2.05) is 24.3 Å². The van der Waals surface area contributed by atoms with Crippen LogP contribution in [0.2, 0.25) is 5.02 Å². The van der Waals surface area contributed by atoms with Gasteiger partial charge in [0.25, 0.3) is 0 Å². The minimum atomic E-state index is -0.254. The van der Waals surface area contributed by atoms with Crippen LogP contribution >= 0.6 is 43.5 Å². The summed E-state index contributed by atoms with van der Waals surface area (Å²) in [7, 11) is 0. The van der Waals surface area contributed by atoms with Gasteiger partial charge < -0.3 is 5.32 Å². The van der Waals surface area contributed by atoms with Crippen molar-refractivity contribution in [2.24, 2.45) is 0 Å². The predicted molar refractivity (Wildman–Crippen MR) is 93.4 cm³/mol. The van der Waals surface area contributed by atoms with E-state index in [-0.39, 0.29) is 11.9 Å².